The highest BCUT2D eigenvalue weighted by molar-refractivity contribution is 5.13. The highest BCUT2D eigenvalue weighted by Gasteiger charge is 2.21. The summed E-state index contributed by atoms with van der Waals surface area (Å²) in [5.74, 6) is 0. The molecular formula is C8H7O2. The molecule has 1 aliphatic heterocycles. The summed E-state index contributed by atoms with van der Waals surface area (Å²) >= 11 is 0. The fraction of sp³-hybridized carbons (Fsp3) is 0.250. The van der Waals surface area contributed by atoms with Crippen molar-refractivity contribution < 1.29 is 9.47 Å². The Labute approximate surface area is 59.4 Å². The Morgan fingerprint density at radius 2 is 1.90 bits per heavy atom. The average Bonchev–Trinajstić information content (AvgIpc) is 2.05. The molecule has 2 heteroatoms. The van der Waals surface area contributed by atoms with Gasteiger partial charge in [0.25, 0.3) is 0 Å². The molecule has 0 saturated carbocycles. The summed E-state index contributed by atoms with van der Waals surface area (Å²) in [5.41, 5.74) is 0. The van der Waals surface area contributed by atoms with Crippen LogP contribution in [0.4, 0.5) is 0 Å². The second kappa shape index (κ2) is 2.21. The van der Waals surface area contributed by atoms with Crippen molar-refractivity contribution in [3.8, 4) is 0 Å². The van der Waals surface area contributed by atoms with Gasteiger partial charge in [-0.1, -0.05) is 6.08 Å². The van der Waals surface area contributed by atoms with E-state index in [1.807, 2.05) is 18.2 Å². The minimum atomic E-state index is 0.0231. The van der Waals surface area contributed by atoms with Gasteiger partial charge in [0.15, 0.2) is 12.2 Å². The summed E-state index contributed by atoms with van der Waals surface area (Å²) in [6, 6.07) is 0. The predicted molar refractivity (Wildman–Crippen MR) is 35.8 cm³/mol. The van der Waals surface area contributed by atoms with Crippen LogP contribution in [0.25, 0.3) is 0 Å². The van der Waals surface area contributed by atoms with E-state index in [0.29, 0.717) is 0 Å². The Balaban J connectivity index is 2.19. The molecule has 2 atom stereocenters. The maximum atomic E-state index is 5.22. The number of hydrogen-bond donors (Lipinski definition) is 0. The van der Waals surface area contributed by atoms with Crippen molar-refractivity contribution in [2.24, 2.45) is 0 Å². The van der Waals surface area contributed by atoms with Gasteiger partial charge in [-0.05, 0) is 18.2 Å². The molecule has 2 nitrogen and oxygen atoms in total. The van der Waals surface area contributed by atoms with E-state index in [2.05, 4.69) is 6.08 Å². The first-order valence-corrected chi connectivity index (χ1v) is 3.19. The average molecular weight is 135 g/mol. The number of rotatable bonds is 0. The number of allylic oxidation sites excluding steroid dienone is 2. The van der Waals surface area contributed by atoms with Crippen LogP contribution in [0.3, 0.4) is 0 Å². The van der Waals surface area contributed by atoms with Crippen LogP contribution < -0.4 is 0 Å². The Bertz CT molecular complexity index is 181. The zero-order valence-electron chi connectivity index (χ0n) is 5.36. The molecule has 10 heavy (non-hydrogen) atoms. The molecule has 51 valence electrons. The van der Waals surface area contributed by atoms with Gasteiger partial charge in [-0.2, -0.15) is 0 Å². The molecular weight excluding hydrogens is 128 g/mol. The molecule has 0 aromatic carbocycles. The van der Waals surface area contributed by atoms with Crippen LogP contribution in [0.5, 0.6) is 0 Å². The van der Waals surface area contributed by atoms with E-state index in [1.165, 1.54) is 0 Å². The number of hydrogen-bond acceptors (Lipinski definition) is 2. The molecule has 0 N–H and O–H groups in total. The molecule has 0 bridgehead atoms. The lowest BCUT2D eigenvalue weighted by Crippen LogP contribution is -2.29. The van der Waals surface area contributed by atoms with Crippen molar-refractivity contribution in [1.82, 2.24) is 0 Å². The molecule has 1 heterocycles. The normalized spacial score (nSPS) is 34.4. The predicted octanol–water partition coefficient (Wildman–Crippen LogP) is 1.17. The molecule has 1 aliphatic carbocycles. The van der Waals surface area contributed by atoms with E-state index in [-0.39, 0.29) is 12.2 Å². The molecule has 0 spiro atoms. The summed E-state index contributed by atoms with van der Waals surface area (Å²) in [5, 5.41) is 0. The van der Waals surface area contributed by atoms with Gasteiger partial charge in [-0.15, -0.1) is 0 Å². The molecule has 0 fully saturated rings. The molecule has 2 aliphatic rings. The zero-order valence-corrected chi connectivity index (χ0v) is 5.36. The van der Waals surface area contributed by atoms with Crippen LogP contribution in [0.2, 0.25) is 0 Å². The highest BCUT2D eigenvalue weighted by atomic mass is 16.6. The van der Waals surface area contributed by atoms with E-state index in [4.69, 9.17) is 9.47 Å². The summed E-state index contributed by atoms with van der Waals surface area (Å²) in [6.45, 7) is 0. The lowest BCUT2D eigenvalue weighted by Gasteiger charge is -2.25. The first-order chi connectivity index (χ1) is 4.97. The summed E-state index contributed by atoms with van der Waals surface area (Å²) in [7, 11) is 0. The highest BCUT2D eigenvalue weighted by Crippen LogP contribution is 2.16. The van der Waals surface area contributed by atoms with Crippen molar-refractivity contribution >= 4 is 0 Å². The molecule has 0 aromatic heterocycles. The fourth-order valence-corrected chi connectivity index (χ4v) is 0.990. The Kier molecular flexibility index (Phi) is 1.24. The lowest BCUT2D eigenvalue weighted by molar-refractivity contribution is 0.0178. The standard InChI is InChI=1S/C8H7O2/c1-2-4-8-7(3-1)9-5-6-10-8/h1,3-8H. The monoisotopic (exact) mass is 135 g/mol. The maximum Gasteiger partial charge on any atom is 0.157 e. The summed E-state index contributed by atoms with van der Waals surface area (Å²) in [6.07, 6.45) is 11.7. The van der Waals surface area contributed by atoms with Gasteiger partial charge >= 0.3 is 0 Å². The third-order valence-corrected chi connectivity index (χ3v) is 1.49. The smallest absolute Gasteiger partial charge is 0.157 e. The summed E-state index contributed by atoms with van der Waals surface area (Å²) in [4.78, 5) is 0. The molecule has 0 amide bonds. The van der Waals surface area contributed by atoms with E-state index in [1.54, 1.807) is 12.5 Å². The lowest BCUT2D eigenvalue weighted by atomic mass is 10.1. The van der Waals surface area contributed by atoms with E-state index in [0.717, 1.165) is 0 Å². The van der Waals surface area contributed by atoms with Gasteiger partial charge in [0.1, 0.15) is 12.5 Å². The van der Waals surface area contributed by atoms with Crippen molar-refractivity contribution in [2.45, 2.75) is 12.2 Å². The van der Waals surface area contributed by atoms with Gasteiger partial charge in [-0.3, -0.25) is 0 Å². The minimum Gasteiger partial charge on any atom is -0.487 e. The second-order valence-electron chi connectivity index (χ2n) is 2.17. The van der Waals surface area contributed by atoms with Crippen LogP contribution in [0.15, 0.2) is 30.8 Å². The molecule has 1 radical (unpaired) electrons. The SMILES string of the molecule is [C]1=CC2OC=COC2C=C1. The van der Waals surface area contributed by atoms with Crippen LogP contribution in [-0.2, 0) is 9.47 Å². The fourth-order valence-electron chi connectivity index (χ4n) is 0.990. The Morgan fingerprint density at radius 1 is 1.10 bits per heavy atom. The van der Waals surface area contributed by atoms with E-state index in [9.17, 15) is 0 Å². The molecule has 2 unspecified atom stereocenters. The topological polar surface area (TPSA) is 18.5 Å². The number of fused-ring (bicyclic) bond motifs is 1. The Morgan fingerprint density at radius 3 is 2.70 bits per heavy atom. The van der Waals surface area contributed by atoms with Crippen LogP contribution in [-0.4, -0.2) is 12.2 Å². The van der Waals surface area contributed by atoms with E-state index < -0.39 is 0 Å². The van der Waals surface area contributed by atoms with Crippen molar-refractivity contribution in [3.63, 3.8) is 0 Å². The van der Waals surface area contributed by atoms with E-state index >= 15 is 0 Å². The zero-order chi connectivity index (χ0) is 6.81. The molecule has 0 saturated heterocycles. The number of ether oxygens (including phenoxy) is 2. The maximum absolute atomic E-state index is 5.22. The quantitative estimate of drug-likeness (QED) is 0.496. The first-order valence-electron chi connectivity index (χ1n) is 3.19. The Hall–Kier alpha value is -1.18. The van der Waals surface area contributed by atoms with Crippen molar-refractivity contribution in [3.05, 3.63) is 36.8 Å². The van der Waals surface area contributed by atoms with Crippen LogP contribution in [0, 0.1) is 6.08 Å². The summed E-state index contributed by atoms with van der Waals surface area (Å²) < 4.78 is 10.4. The minimum absolute atomic E-state index is 0.0231. The van der Waals surface area contributed by atoms with Crippen molar-refractivity contribution in [2.75, 3.05) is 0 Å². The van der Waals surface area contributed by atoms with Gasteiger partial charge in [-0.25, -0.2) is 0 Å². The van der Waals surface area contributed by atoms with Crippen LogP contribution >= 0.6 is 0 Å². The van der Waals surface area contributed by atoms with Gasteiger partial charge < -0.3 is 9.47 Å². The van der Waals surface area contributed by atoms with Crippen LogP contribution in [0.1, 0.15) is 0 Å². The molecule has 0 aromatic rings. The van der Waals surface area contributed by atoms with Gasteiger partial charge in [0.2, 0.25) is 0 Å². The van der Waals surface area contributed by atoms with Crippen molar-refractivity contribution in [1.29, 1.82) is 0 Å². The van der Waals surface area contributed by atoms with Gasteiger partial charge in [0.05, 0.1) is 0 Å². The molecule has 2 rings (SSSR count). The van der Waals surface area contributed by atoms with Gasteiger partial charge in [0, 0.05) is 0 Å². The first kappa shape index (κ1) is 5.59. The largest absolute Gasteiger partial charge is 0.487 e. The third kappa shape index (κ3) is 0.817. The third-order valence-electron chi connectivity index (χ3n) is 1.49. The second-order valence-corrected chi connectivity index (χ2v) is 2.17.